The Hall–Kier alpha value is -0.170. The molecular formula is C31H68N2O3S+2. The van der Waals surface area contributed by atoms with Crippen LogP contribution in [0.2, 0.25) is 0 Å². The largest absolute Gasteiger partial charge is 0.328 e. The molecule has 0 saturated heterocycles. The maximum Gasteiger partial charge on any atom is 0.265 e. The molecule has 0 aromatic heterocycles. The Labute approximate surface area is 233 Å². The molecule has 0 aliphatic rings. The zero-order valence-corrected chi connectivity index (χ0v) is 26.8. The molecule has 0 rings (SSSR count). The first-order chi connectivity index (χ1) is 17.5. The fraction of sp³-hybridized carbons (Fsp3) is 1.00. The summed E-state index contributed by atoms with van der Waals surface area (Å²) in [6.07, 6.45) is 28.2. The maximum absolute atomic E-state index is 10.9. The normalized spacial score (nSPS) is 12.9. The summed E-state index contributed by atoms with van der Waals surface area (Å²) in [5, 5.41) is 0. The molecule has 0 atom stereocenters. The summed E-state index contributed by atoms with van der Waals surface area (Å²) in [5.41, 5.74) is 0. The van der Waals surface area contributed by atoms with Gasteiger partial charge in [-0.25, -0.2) is 0 Å². The smallest absolute Gasteiger partial charge is 0.265 e. The van der Waals surface area contributed by atoms with E-state index in [1.165, 1.54) is 146 Å². The summed E-state index contributed by atoms with van der Waals surface area (Å²) in [7, 11) is 5.34. The molecule has 0 radical (unpaired) electrons. The molecule has 0 aromatic carbocycles. The van der Waals surface area contributed by atoms with Crippen LogP contribution in [0.15, 0.2) is 0 Å². The molecule has 0 aromatic rings. The second-order valence-electron chi connectivity index (χ2n) is 13.1. The Balaban J connectivity index is 3.46. The van der Waals surface area contributed by atoms with Crippen molar-refractivity contribution in [2.24, 2.45) is 0 Å². The van der Waals surface area contributed by atoms with Crippen molar-refractivity contribution in [3.05, 3.63) is 0 Å². The van der Waals surface area contributed by atoms with E-state index in [0.29, 0.717) is 6.42 Å². The molecule has 0 aliphatic heterocycles. The molecule has 37 heavy (non-hydrogen) atoms. The lowest BCUT2D eigenvalue weighted by atomic mass is 10.1. The predicted molar refractivity (Wildman–Crippen MR) is 163 cm³/mol. The summed E-state index contributed by atoms with van der Waals surface area (Å²) < 4.78 is 32.6. The van der Waals surface area contributed by atoms with Gasteiger partial charge in [0.25, 0.3) is 10.1 Å². The average Bonchev–Trinajstić information content (AvgIpc) is 2.80. The second-order valence-corrected chi connectivity index (χ2v) is 14.7. The van der Waals surface area contributed by atoms with E-state index < -0.39 is 10.1 Å². The summed E-state index contributed by atoms with van der Waals surface area (Å²) in [5.74, 6) is -0.120. The Bertz CT molecular complexity index is 606. The Morgan fingerprint density at radius 3 is 0.946 bits per heavy atom. The van der Waals surface area contributed by atoms with Crippen LogP contribution in [0.1, 0.15) is 142 Å². The van der Waals surface area contributed by atoms with Crippen LogP contribution in [0.25, 0.3) is 0 Å². The number of hydrogen-bond acceptors (Lipinski definition) is 2. The van der Waals surface area contributed by atoms with E-state index in [0.717, 1.165) is 17.6 Å². The maximum atomic E-state index is 10.9. The first kappa shape index (κ1) is 36.8. The molecule has 0 fully saturated rings. The van der Waals surface area contributed by atoms with Crippen LogP contribution in [0.4, 0.5) is 0 Å². The third-order valence-electron chi connectivity index (χ3n) is 8.06. The Kier molecular flexibility index (Phi) is 22.5. The van der Waals surface area contributed by atoms with E-state index in [1.807, 2.05) is 0 Å². The van der Waals surface area contributed by atoms with E-state index in [9.17, 15) is 8.42 Å². The number of quaternary nitrogens is 2. The van der Waals surface area contributed by atoms with Crippen LogP contribution in [0.3, 0.4) is 0 Å². The van der Waals surface area contributed by atoms with Crippen LogP contribution in [0.5, 0.6) is 0 Å². The molecule has 6 heteroatoms. The highest BCUT2D eigenvalue weighted by Crippen LogP contribution is 2.15. The Morgan fingerprint density at radius 1 is 0.432 bits per heavy atom. The van der Waals surface area contributed by atoms with Crippen LogP contribution in [-0.2, 0) is 10.1 Å². The minimum Gasteiger partial charge on any atom is -0.328 e. The monoisotopic (exact) mass is 548 g/mol. The van der Waals surface area contributed by atoms with E-state index in [2.05, 4.69) is 35.1 Å². The third-order valence-corrected chi connectivity index (χ3v) is 8.86. The van der Waals surface area contributed by atoms with Crippen LogP contribution in [0, 0.1) is 0 Å². The van der Waals surface area contributed by atoms with Crippen molar-refractivity contribution in [1.82, 2.24) is 0 Å². The molecule has 1 N–H and O–H groups in total. The zero-order valence-electron chi connectivity index (χ0n) is 26.0. The van der Waals surface area contributed by atoms with E-state index >= 15 is 0 Å². The van der Waals surface area contributed by atoms with Crippen molar-refractivity contribution in [2.75, 3.05) is 60.1 Å². The second kappa shape index (κ2) is 22.6. The van der Waals surface area contributed by atoms with Crippen molar-refractivity contribution < 1.29 is 21.9 Å². The van der Waals surface area contributed by atoms with Gasteiger partial charge in [0.2, 0.25) is 0 Å². The third kappa shape index (κ3) is 28.7. The van der Waals surface area contributed by atoms with Crippen molar-refractivity contribution in [2.45, 2.75) is 142 Å². The molecular weight excluding hydrogens is 480 g/mol. The van der Waals surface area contributed by atoms with Crippen LogP contribution in [-0.4, -0.2) is 82.1 Å². The number of unbranched alkanes of at least 4 members (excludes halogenated alkanes) is 18. The van der Waals surface area contributed by atoms with Gasteiger partial charge in [-0.05, 0) is 38.5 Å². The van der Waals surface area contributed by atoms with Gasteiger partial charge in [0, 0.05) is 6.42 Å². The van der Waals surface area contributed by atoms with Crippen molar-refractivity contribution in [3.63, 3.8) is 0 Å². The minimum absolute atomic E-state index is 0.120. The van der Waals surface area contributed by atoms with Gasteiger partial charge in [0.1, 0.15) is 0 Å². The number of rotatable bonds is 28. The standard InChI is InChI=1S/C31H67N2O3S/c1-6-7-8-9-10-11-14-17-20-23-27-32(2,3)28-24-21-18-15-12-13-16-19-22-25-29-33(4,5)30-26-31-37(34,35)36/h6-31H2,1-5H3/q+1/p+1. The average molecular weight is 549 g/mol. The fourth-order valence-corrected chi connectivity index (χ4v) is 5.91. The van der Waals surface area contributed by atoms with Crippen LogP contribution < -0.4 is 0 Å². The summed E-state index contributed by atoms with van der Waals surface area (Å²) in [6, 6.07) is 0. The van der Waals surface area contributed by atoms with Gasteiger partial charge in [-0.1, -0.05) is 96.8 Å². The number of hydrogen-bond donors (Lipinski definition) is 1. The Morgan fingerprint density at radius 2 is 0.676 bits per heavy atom. The van der Waals surface area contributed by atoms with Gasteiger partial charge in [-0.2, -0.15) is 8.42 Å². The molecule has 0 spiro atoms. The molecule has 5 nitrogen and oxygen atoms in total. The minimum atomic E-state index is -3.82. The van der Waals surface area contributed by atoms with E-state index in [4.69, 9.17) is 4.55 Å². The van der Waals surface area contributed by atoms with Crippen molar-refractivity contribution in [3.8, 4) is 0 Å². The lowest BCUT2D eigenvalue weighted by Gasteiger charge is -2.30. The lowest BCUT2D eigenvalue weighted by molar-refractivity contribution is -0.890. The predicted octanol–water partition coefficient (Wildman–Crippen LogP) is 8.24. The summed E-state index contributed by atoms with van der Waals surface area (Å²) in [6.45, 7) is 6.86. The summed E-state index contributed by atoms with van der Waals surface area (Å²) >= 11 is 0. The molecule has 0 bridgehead atoms. The SMILES string of the molecule is CCCCCCCCCCCC[N+](C)(C)CCCCCCCCCCCC[N+](C)(C)CCCS(=O)(=O)O. The van der Waals surface area contributed by atoms with Gasteiger partial charge in [0.15, 0.2) is 0 Å². The molecule has 0 saturated carbocycles. The molecule has 0 amide bonds. The highest BCUT2D eigenvalue weighted by Gasteiger charge is 2.16. The lowest BCUT2D eigenvalue weighted by Crippen LogP contribution is -2.41. The van der Waals surface area contributed by atoms with Gasteiger partial charge in [0.05, 0.1) is 60.1 Å². The van der Waals surface area contributed by atoms with E-state index in [1.54, 1.807) is 0 Å². The highest BCUT2D eigenvalue weighted by atomic mass is 32.2. The molecule has 0 aliphatic carbocycles. The van der Waals surface area contributed by atoms with Gasteiger partial charge in [-0.15, -0.1) is 0 Å². The molecule has 224 valence electrons. The first-order valence-electron chi connectivity index (χ1n) is 16.1. The fourth-order valence-electron chi connectivity index (χ4n) is 5.42. The quantitative estimate of drug-likeness (QED) is 0.0608. The molecule has 0 unspecified atom stereocenters. The summed E-state index contributed by atoms with van der Waals surface area (Å²) in [4.78, 5) is 0. The highest BCUT2D eigenvalue weighted by molar-refractivity contribution is 7.85. The number of nitrogens with zero attached hydrogens (tertiary/aromatic N) is 2. The molecule has 0 heterocycles. The first-order valence-corrected chi connectivity index (χ1v) is 17.7. The van der Waals surface area contributed by atoms with Crippen molar-refractivity contribution in [1.29, 1.82) is 0 Å². The van der Waals surface area contributed by atoms with Gasteiger partial charge >= 0.3 is 0 Å². The van der Waals surface area contributed by atoms with Gasteiger partial charge < -0.3 is 8.97 Å². The van der Waals surface area contributed by atoms with Gasteiger partial charge in [-0.3, -0.25) is 4.55 Å². The zero-order chi connectivity index (χ0) is 27.9. The van der Waals surface area contributed by atoms with Crippen molar-refractivity contribution >= 4 is 10.1 Å². The van der Waals surface area contributed by atoms with Crippen LogP contribution >= 0.6 is 0 Å². The van der Waals surface area contributed by atoms with E-state index in [-0.39, 0.29) is 5.75 Å². The topological polar surface area (TPSA) is 54.4 Å².